The molecular formula is C13H17N3. The van der Waals surface area contributed by atoms with Gasteiger partial charge in [-0.15, -0.1) is 0 Å². The van der Waals surface area contributed by atoms with Gasteiger partial charge >= 0.3 is 0 Å². The minimum Gasteiger partial charge on any atom is -0.399 e. The highest BCUT2D eigenvalue weighted by Crippen LogP contribution is 2.27. The lowest BCUT2D eigenvalue weighted by atomic mass is 10.1. The Morgan fingerprint density at radius 1 is 1.31 bits per heavy atom. The van der Waals surface area contributed by atoms with Crippen LogP contribution in [0.25, 0.3) is 11.0 Å². The molecule has 0 saturated heterocycles. The van der Waals surface area contributed by atoms with Crippen molar-refractivity contribution in [3.05, 3.63) is 24.5 Å². The second-order valence-corrected chi connectivity index (χ2v) is 4.80. The Morgan fingerprint density at radius 3 is 2.94 bits per heavy atom. The molecule has 2 aromatic rings. The number of hydrogen-bond donors (Lipinski definition) is 1. The molecule has 1 aliphatic rings. The van der Waals surface area contributed by atoms with Gasteiger partial charge in [0.15, 0.2) is 0 Å². The summed E-state index contributed by atoms with van der Waals surface area (Å²) in [5, 5.41) is 0. The summed E-state index contributed by atoms with van der Waals surface area (Å²) in [5.74, 6) is 0.843. The standard InChI is InChI=1S/C13H17N3/c14-11-5-6-13-12(7-11)15-9-16(13)8-10-3-1-2-4-10/h5-7,9-10H,1-4,8,14H2. The molecule has 0 bridgehead atoms. The molecule has 1 aliphatic carbocycles. The zero-order valence-electron chi connectivity index (χ0n) is 9.39. The number of nitrogens with zero attached hydrogens (tertiary/aromatic N) is 2. The Labute approximate surface area is 95.3 Å². The van der Waals surface area contributed by atoms with Crippen LogP contribution >= 0.6 is 0 Å². The van der Waals surface area contributed by atoms with Gasteiger partial charge in [-0.1, -0.05) is 12.8 Å². The monoisotopic (exact) mass is 215 g/mol. The molecule has 0 amide bonds. The van der Waals surface area contributed by atoms with Crippen molar-refractivity contribution in [1.29, 1.82) is 0 Å². The van der Waals surface area contributed by atoms with Gasteiger partial charge in [-0.05, 0) is 37.0 Å². The van der Waals surface area contributed by atoms with Gasteiger partial charge in [0.1, 0.15) is 0 Å². The lowest BCUT2D eigenvalue weighted by molar-refractivity contribution is 0.464. The average molecular weight is 215 g/mol. The Bertz CT molecular complexity index is 495. The van der Waals surface area contributed by atoms with Gasteiger partial charge in [0.05, 0.1) is 17.4 Å². The predicted octanol–water partition coefficient (Wildman–Crippen LogP) is 2.81. The number of nitrogen functional groups attached to an aromatic ring is 1. The summed E-state index contributed by atoms with van der Waals surface area (Å²) in [6, 6.07) is 5.97. The number of fused-ring (bicyclic) bond motifs is 1. The number of anilines is 1. The van der Waals surface area contributed by atoms with Crippen molar-refractivity contribution in [3.8, 4) is 0 Å². The zero-order valence-corrected chi connectivity index (χ0v) is 9.39. The van der Waals surface area contributed by atoms with Gasteiger partial charge in [0, 0.05) is 12.2 Å². The Morgan fingerprint density at radius 2 is 2.12 bits per heavy atom. The van der Waals surface area contributed by atoms with Crippen LogP contribution in [0.3, 0.4) is 0 Å². The first kappa shape index (κ1) is 9.70. The molecule has 1 fully saturated rings. The predicted molar refractivity (Wildman–Crippen MR) is 66.1 cm³/mol. The van der Waals surface area contributed by atoms with E-state index in [0.717, 1.165) is 23.7 Å². The van der Waals surface area contributed by atoms with Crippen molar-refractivity contribution in [3.63, 3.8) is 0 Å². The summed E-state index contributed by atoms with van der Waals surface area (Å²) < 4.78 is 2.27. The Balaban J connectivity index is 1.91. The van der Waals surface area contributed by atoms with Crippen LogP contribution in [-0.2, 0) is 6.54 Å². The molecule has 2 N–H and O–H groups in total. The second-order valence-electron chi connectivity index (χ2n) is 4.80. The maximum atomic E-state index is 5.75. The van der Waals surface area contributed by atoms with E-state index < -0.39 is 0 Å². The van der Waals surface area contributed by atoms with Crippen LogP contribution in [0.1, 0.15) is 25.7 Å². The van der Waals surface area contributed by atoms with Crippen molar-refractivity contribution in [1.82, 2.24) is 9.55 Å². The van der Waals surface area contributed by atoms with E-state index in [2.05, 4.69) is 15.6 Å². The fourth-order valence-electron chi connectivity index (χ4n) is 2.70. The van der Waals surface area contributed by atoms with E-state index >= 15 is 0 Å². The van der Waals surface area contributed by atoms with E-state index in [9.17, 15) is 0 Å². The molecular weight excluding hydrogens is 198 g/mol. The number of nitrogens with two attached hydrogens (primary N) is 1. The van der Waals surface area contributed by atoms with Crippen LogP contribution in [-0.4, -0.2) is 9.55 Å². The first-order valence-electron chi connectivity index (χ1n) is 6.03. The highest BCUT2D eigenvalue weighted by Gasteiger charge is 2.16. The van der Waals surface area contributed by atoms with Crippen LogP contribution in [0.2, 0.25) is 0 Å². The van der Waals surface area contributed by atoms with Crippen LogP contribution < -0.4 is 5.73 Å². The van der Waals surface area contributed by atoms with E-state index in [4.69, 9.17) is 5.73 Å². The number of aromatic nitrogens is 2. The number of benzene rings is 1. The van der Waals surface area contributed by atoms with E-state index in [1.807, 2.05) is 18.5 Å². The molecule has 3 nitrogen and oxygen atoms in total. The van der Waals surface area contributed by atoms with E-state index in [1.54, 1.807) is 0 Å². The van der Waals surface area contributed by atoms with Crippen LogP contribution in [0.15, 0.2) is 24.5 Å². The van der Waals surface area contributed by atoms with Gasteiger partial charge in [0.2, 0.25) is 0 Å². The molecule has 1 aromatic carbocycles. The van der Waals surface area contributed by atoms with E-state index in [-0.39, 0.29) is 0 Å². The Kier molecular flexibility index (Phi) is 2.31. The molecule has 0 spiro atoms. The third-order valence-corrected chi connectivity index (χ3v) is 3.57. The van der Waals surface area contributed by atoms with Crippen LogP contribution in [0.5, 0.6) is 0 Å². The molecule has 3 rings (SSSR count). The second kappa shape index (κ2) is 3.81. The van der Waals surface area contributed by atoms with Gasteiger partial charge < -0.3 is 10.3 Å². The maximum Gasteiger partial charge on any atom is 0.0958 e. The minimum atomic E-state index is 0.790. The highest BCUT2D eigenvalue weighted by atomic mass is 15.0. The molecule has 1 aromatic heterocycles. The van der Waals surface area contributed by atoms with Gasteiger partial charge in [-0.2, -0.15) is 0 Å². The molecule has 1 saturated carbocycles. The van der Waals surface area contributed by atoms with Crippen molar-refractivity contribution in [2.24, 2.45) is 5.92 Å². The first-order chi connectivity index (χ1) is 7.83. The topological polar surface area (TPSA) is 43.8 Å². The molecule has 84 valence electrons. The largest absolute Gasteiger partial charge is 0.399 e. The van der Waals surface area contributed by atoms with Gasteiger partial charge in [0.25, 0.3) is 0 Å². The van der Waals surface area contributed by atoms with Crippen LogP contribution in [0.4, 0.5) is 5.69 Å². The van der Waals surface area contributed by atoms with E-state index in [0.29, 0.717) is 0 Å². The third-order valence-electron chi connectivity index (χ3n) is 3.57. The zero-order chi connectivity index (χ0) is 11.0. The van der Waals surface area contributed by atoms with Crippen molar-refractivity contribution in [2.45, 2.75) is 32.2 Å². The Hall–Kier alpha value is -1.51. The maximum absolute atomic E-state index is 5.75. The summed E-state index contributed by atoms with van der Waals surface area (Å²) >= 11 is 0. The summed E-state index contributed by atoms with van der Waals surface area (Å²) in [7, 11) is 0. The molecule has 0 radical (unpaired) electrons. The van der Waals surface area contributed by atoms with Crippen molar-refractivity contribution < 1.29 is 0 Å². The molecule has 0 aliphatic heterocycles. The first-order valence-corrected chi connectivity index (χ1v) is 6.03. The summed E-state index contributed by atoms with van der Waals surface area (Å²) in [6.45, 7) is 1.11. The minimum absolute atomic E-state index is 0.790. The van der Waals surface area contributed by atoms with Gasteiger partial charge in [-0.25, -0.2) is 4.98 Å². The lowest BCUT2D eigenvalue weighted by Crippen LogP contribution is -2.05. The summed E-state index contributed by atoms with van der Waals surface area (Å²) in [5.41, 5.74) is 8.76. The SMILES string of the molecule is Nc1ccc2c(c1)ncn2CC1CCCC1. The number of hydrogen-bond acceptors (Lipinski definition) is 2. The normalized spacial score (nSPS) is 17.2. The van der Waals surface area contributed by atoms with Gasteiger partial charge in [-0.3, -0.25) is 0 Å². The molecule has 1 heterocycles. The van der Waals surface area contributed by atoms with Crippen molar-refractivity contribution >= 4 is 16.7 Å². The summed E-state index contributed by atoms with van der Waals surface area (Å²) in [4.78, 5) is 4.40. The molecule has 0 unspecified atom stereocenters. The lowest BCUT2D eigenvalue weighted by Gasteiger charge is -2.10. The fourth-order valence-corrected chi connectivity index (χ4v) is 2.70. The summed E-state index contributed by atoms with van der Waals surface area (Å²) in [6.07, 6.45) is 7.47. The van der Waals surface area contributed by atoms with E-state index in [1.165, 1.54) is 31.2 Å². The fraction of sp³-hybridized carbons (Fsp3) is 0.462. The third kappa shape index (κ3) is 1.66. The molecule has 16 heavy (non-hydrogen) atoms. The average Bonchev–Trinajstić information content (AvgIpc) is 2.89. The highest BCUT2D eigenvalue weighted by molar-refractivity contribution is 5.78. The smallest absolute Gasteiger partial charge is 0.0958 e. The van der Waals surface area contributed by atoms with Crippen LogP contribution in [0, 0.1) is 5.92 Å². The molecule has 3 heteroatoms. The molecule has 0 atom stereocenters. The number of rotatable bonds is 2. The quantitative estimate of drug-likeness (QED) is 0.783. The van der Waals surface area contributed by atoms with Crippen molar-refractivity contribution in [2.75, 3.05) is 5.73 Å². The number of imidazole rings is 1.